The number of ether oxygens (including phenoxy) is 1. The topological polar surface area (TPSA) is 86.7 Å². The largest absolute Gasteiger partial charge is 0.544 e. The van der Waals surface area contributed by atoms with Crippen LogP contribution in [0.25, 0.3) is 0 Å². The van der Waals surface area contributed by atoms with Crippen LogP contribution in [0.5, 0.6) is 5.75 Å². The number of carboxylic acids is 1. The number of aromatic hydroxyl groups is 1. The maximum Gasteiger partial charge on any atom is 0.342 e. The molecule has 8 heteroatoms. The summed E-state index contributed by atoms with van der Waals surface area (Å²) in [6.07, 6.45) is 0.770. The first-order valence-electron chi connectivity index (χ1n) is 7.52. The van der Waals surface area contributed by atoms with Crippen molar-refractivity contribution < 1.29 is 33.3 Å². The van der Waals surface area contributed by atoms with E-state index in [9.17, 15) is 28.6 Å². The molecule has 1 atom stereocenters. The molecule has 1 aromatic carbocycles. The fourth-order valence-corrected chi connectivity index (χ4v) is 3.35. The molecule has 1 unspecified atom stereocenters. The Morgan fingerprint density at radius 1 is 1.29 bits per heavy atom. The SMILES string of the molecule is O=C(OC(C1CCCCC1)C(F)(F)C(=O)[O-])c1ccc(I)cc1O. The standard InChI is InChI=1S/C16H17F2IO5/c17-16(18,15(22)23)13(9-4-2-1-3-5-9)24-14(21)11-7-6-10(19)8-12(11)20/h6-9,13,20H,1-5H2,(H,22,23)/p-1. The number of rotatable bonds is 5. The first kappa shape index (κ1) is 18.9. The Morgan fingerprint density at radius 3 is 2.46 bits per heavy atom. The van der Waals surface area contributed by atoms with Crippen LogP contribution >= 0.6 is 22.6 Å². The van der Waals surface area contributed by atoms with E-state index >= 15 is 0 Å². The molecule has 1 saturated carbocycles. The summed E-state index contributed by atoms with van der Waals surface area (Å²) in [6.45, 7) is 0. The van der Waals surface area contributed by atoms with E-state index in [1.165, 1.54) is 18.2 Å². The van der Waals surface area contributed by atoms with Crippen LogP contribution in [0.4, 0.5) is 8.78 Å². The zero-order chi connectivity index (χ0) is 17.9. The molecule has 0 amide bonds. The number of halogens is 3. The number of alkyl halides is 2. The Morgan fingerprint density at radius 2 is 1.92 bits per heavy atom. The number of hydrogen-bond acceptors (Lipinski definition) is 5. The summed E-state index contributed by atoms with van der Waals surface area (Å²) >= 11 is 1.91. The number of aliphatic carboxylic acids is 1. The molecule has 1 fully saturated rings. The highest BCUT2D eigenvalue weighted by Crippen LogP contribution is 2.36. The number of benzene rings is 1. The van der Waals surface area contributed by atoms with Crippen molar-refractivity contribution in [1.82, 2.24) is 0 Å². The lowest BCUT2D eigenvalue weighted by Gasteiger charge is -2.35. The fourth-order valence-electron chi connectivity index (χ4n) is 2.88. The van der Waals surface area contributed by atoms with Gasteiger partial charge in [0.1, 0.15) is 17.3 Å². The van der Waals surface area contributed by atoms with E-state index < -0.39 is 35.6 Å². The molecule has 1 N–H and O–H groups in total. The molecule has 1 aromatic rings. The van der Waals surface area contributed by atoms with Gasteiger partial charge in [-0.2, -0.15) is 8.78 Å². The summed E-state index contributed by atoms with van der Waals surface area (Å²) in [6, 6.07) is 4.03. The van der Waals surface area contributed by atoms with Crippen molar-refractivity contribution in [1.29, 1.82) is 0 Å². The highest BCUT2D eigenvalue weighted by molar-refractivity contribution is 14.1. The second-order valence-electron chi connectivity index (χ2n) is 5.80. The molecule has 0 spiro atoms. The van der Waals surface area contributed by atoms with Crippen molar-refractivity contribution in [2.45, 2.75) is 44.1 Å². The minimum atomic E-state index is -4.30. The van der Waals surface area contributed by atoms with Crippen LogP contribution in [-0.2, 0) is 9.53 Å². The average Bonchev–Trinajstić information content (AvgIpc) is 2.52. The highest BCUT2D eigenvalue weighted by Gasteiger charge is 2.48. The minimum absolute atomic E-state index is 0.287. The molecule has 0 heterocycles. The smallest absolute Gasteiger partial charge is 0.342 e. The molecule has 2 rings (SSSR count). The van der Waals surface area contributed by atoms with Crippen LogP contribution in [0.2, 0.25) is 0 Å². The van der Waals surface area contributed by atoms with E-state index in [2.05, 4.69) is 0 Å². The number of hydrogen-bond donors (Lipinski definition) is 1. The van der Waals surface area contributed by atoms with E-state index in [1.54, 1.807) is 0 Å². The lowest BCUT2D eigenvalue weighted by molar-refractivity contribution is -0.337. The van der Waals surface area contributed by atoms with Gasteiger partial charge in [0.15, 0.2) is 6.10 Å². The van der Waals surface area contributed by atoms with Gasteiger partial charge in [-0.15, -0.1) is 0 Å². The molecule has 0 saturated heterocycles. The zero-order valence-corrected chi connectivity index (χ0v) is 14.8. The molecule has 5 nitrogen and oxygen atoms in total. The predicted octanol–water partition coefficient (Wildman–Crippen LogP) is 2.49. The molecule has 0 aromatic heterocycles. The fraction of sp³-hybridized carbons (Fsp3) is 0.500. The third-order valence-corrected chi connectivity index (χ3v) is 4.79. The Bertz CT molecular complexity index is 629. The quantitative estimate of drug-likeness (QED) is 0.547. The van der Waals surface area contributed by atoms with Gasteiger partial charge in [0.05, 0.1) is 0 Å². The first-order valence-corrected chi connectivity index (χ1v) is 8.60. The molecule has 132 valence electrons. The van der Waals surface area contributed by atoms with Gasteiger partial charge in [-0.25, -0.2) is 4.79 Å². The second-order valence-corrected chi connectivity index (χ2v) is 7.04. The van der Waals surface area contributed by atoms with Crippen molar-refractivity contribution in [2.24, 2.45) is 5.92 Å². The average molecular weight is 453 g/mol. The van der Waals surface area contributed by atoms with Crippen molar-refractivity contribution >= 4 is 34.5 Å². The third-order valence-electron chi connectivity index (χ3n) is 4.12. The van der Waals surface area contributed by atoms with Crippen LogP contribution in [-0.4, -0.2) is 29.1 Å². The van der Waals surface area contributed by atoms with Crippen molar-refractivity contribution in [3.8, 4) is 5.75 Å². The van der Waals surface area contributed by atoms with Crippen LogP contribution in [0.15, 0.2) is 18.2 Å². The minimum Gasteiger partial charge on any atom is -0.544 e. The molecule has 24 heavy (non-hydrogen) atoms. The van der Waals surface area contributed by atoms with E-state index in [0.29, 0.717) is 29.3 Å². The van der Waals surface area contributed by atoms with Gasteiger partial charge in [-0.05, 0) is 53.6 Å². The monoisotopic (exact) mass is 453 g/mol. The van der Waals surface area contributed by atoms with Gasteiger partial charge in [-0.3, -0.25) is 0 Å². The Labute approximate surface area is 151 Å². The Hall–Kier alpha value is -1.45. The van der Waals surface area contributed by atoms with Gasteiger partial charge in [0.25, 0.3) is 0 Å². The maximum absolute atomic E-state index is 14.0. The number of phenolic OH excluding ortho intramolecular Hbond substituents is 1. The molecule has 0 radical (unpaired) electrons. The maximum atomic E-state index is 14.0. The molecular weight excluding hydrogens is 437 g/mol. The second kappa shape index (κ2) is 7.62. The third kappa shape index (κ3) is 4.14. The number of phenols is 1. The summed E-state index contributed by atoms with van der Waals surface area (Å²) in [7, 11) is 0. The van der Waals surface area contributed by atoms with E-state index in [-0.39, 0.29) is 5.56 Å². The highest BCUT2D eigenvalue weighted by atomic mass is 127. The first-order chi connectivity index (χ1) is 11.2. The number of carboxylic acid groups (broad SMARTS) is 1. The predicted molar refractivity (Wildman–Crippen MR) is 86.6 cm³/mol. The van der Waals surface area contributed by atoms with Gasteiger partial charge in [0.2, 0.25) is 0 Å². The number of carbonyl (C=O) groups is 2. The Balaban J connectivity index is 2.27. The molecule has 0 bridgehead atoms. The summed E-state index contributed by atoms with van der Waals surface area (Å²) in [5.74, 6) is -9.22. The van der Waals surface area contributed by atoms with Gasteiger partial charge in [0, 0.05) is 9.49 Å². The van der Waals surface area contributed by atoms with Crippen molar-refractivity contribution in [2.75, 3.05) is 0 Å². The summed E-state index contributed by atoms with van der Waals surface area (Å²) in [5.41, 5.74) is -0.287. The van der Waals surface area contributed by atoms with Crippen LogP contribution in [0.3, 0.4) is 0 Å². The van der Waals surface area contributed by atoms with Crippen molar-refractivity contribution in [3.05, 3.63) is 27.3 Å². The van der Waals surface area contributed by atoms with Crippen LogP contribution < -0.4 is 5.11 Å². The van der Waals surface area contributed by atoms with Crippen LogP contribution in [0.1, 0.15) is 42.5 Å². The number of carbonyl (C=O) groups excluding carboxylic acids is 2. The summed E-state index contributed by atoms with van der Waals surface area (Å²) in [4.78, 5) is 23.0. The van der Waals surface area contributed by atoms with Gasteiger partial charge >= 0.3 is 11.9 Å². The van der Waals surface area contributed by atoms with Crippen molar-refractivity contribution in [3.63, 3.8) is 0 Å². The normalized spacial score (nSPS) is 17.3. The summed E-state index contributed by atoms with van der Waals surface area (Å²) in [5, 5.41) is 20.6. The Kier molecular flexibility index (Phi) is 6.00. The lowest BCUT2D eigenvalue weighted by Crippen LogP contribution is -2.54. The zero-order valence-electron chi connectivity index (χ0n) is 12.6. The van der Waals surface area contributed by atoms with Gasteiger partial charge < -0.3 is 19.7 Å². The van der Waals surface area contributed by atoms with E-state index in [4.69, 9.17) is 4.74 Å². The molecule has 1 aliphatic carbocycles. The molecular formula is C16H16F2IO5-. The molecule has 1 aliphatic rings. The molecule has 0 aliphatic heterocycles. The van der Waals surface area contributed by atoms with Crippen LogP contribution in [0, 0.1) is 9.49 Å². The summed E-state index contributed by atoms with van der Waals surface area (Å²) < 4.78 is 33.6. The van der Waals surface area contributed by atoms with Gasteiger partial charge in [-0.1, -0.05) is 19.3 Å². The van der Waals surface area contributed by atoms with E-state index in [0.717, 1.165) is 6.42 Å². The lowest BCUT2D eigenvalue weighted by atomic mass is 9.83. The number of esters is 1. The van der Waals surface area contributed by atoms with E-state index in [1.807, 2.05) is 22.6 Å².